The Labute approximate surface area is 122 Å². The van der Waals surface area contributed by atoms with Gasteiger partial charge in [-0.25, -0.2) is 0 Å². The Hall–Kier alpha value is -0.730. The molecule has 0 aromatic heterocycles. The highest BCUT2D eigenvalue weighted by atomic mass is 35.5. The Bertz CT molecular complexity index is 421. The highest BCUT2D eigenvalue weighted by Gasteiger charge is 2.25. The first-order chi connectivity index (χ1) is 8.62. The molecule has 2 unspecified atom stereocenters. The fourth-order valence-corrected chi connectivity index (χ4v) is 2.34. The van der Waals surface area contributed by atoms with Crippen LogP contribution in [0.3, 0.4) is 0 Å². The highest BCUT2D eigenvalue weighted by Crippen LogP contribution is 2.31. The van der Waals surface area contributed by atoms with E-state index in [-0.39, 0.29) is 11.5 Å². The van der Waals surface area contributed by atoms with Crippen molar-refractivity contribution in [3.05, 3.63) is 28.8 Å². The summed E-state index contributed by atoms with van der Waals surface area (Å²) in [6.07, 6.45) is 0.869. The average molecular weight is 283 g/mol. The van der Waals surface area contributed by atoms with Gasteiger partial charge in [-0.2, -0.15) is 0 Å². The molecule has 19 heavy (non-hydrogen) atoms. The zero-order chi connectivity index (χ0) is 14.8. The molecule has 0 aliphatic rings. The van der Waals surface area contributed by atoms with Crippen molar-refractivity contribution in [2.45, 2.75) is 53.1 Å². The summed E-state index contributed by atoms with van der Waals surface area (Å²) in [6.45, 7) is 11.0. The maximum atomic E-state index is 6.16. The number of benzene rings is 1. The molecule has 0 aliphatic carbocycles. The van der Waals surface area contributed by atoms with Crippen molar-refractivity contribution in [2.75, 3.05) is 11.9 Å². The second-order valence-electron chi connectivity index (χ2n) is 6.61. The van der Waals surface area contributed by atoms with Crippen LogP contribution in [-0.2, 0) is 6.42 Å². The lowest BCUT2D eigenvalue weighted by atomic mass is 9.86. The third-order valence-electron chi connectivity index (χ3n) is 3.80. The van der Waals surface area contributed by atoms with E-state index in [1.807, 2.05) is 19.1 Å². The van der Waals surface area contributed by atoms with Crippen molar-refractivity contribution in [2.24, 2.45) is 11.1 Å². The van der Waals surface area contributed by atoms with E-state index in [9.17, 15) is 0 Å². The number of anilines is 1. The minimum atomic E-state index is 0.151. The van der Waals surface area contributed by atoms with E-state index in [1.165, 1.54) is 11.3 Å². The molecule has 2 atom stereocenters. The van der Waals surface area contributed by atoms with E-state index in [2.05, 4.69) is 45.7 Å². The van der Waals surface area contributed by atoms with Crippen molar-refractivity contribution >= 4 is 17.3 Å². The molecule has 0 spiro atoms. The molecule has 0 saturated carbocycles. The first-order valence-electron chi connectivity index (χ1n) is 6.89. The van der Waals surface area contributed by atoms with Crippen molar-refractivity contribution < 1.29 is 0 Å². The van der Waals surface area contributed by atoms with Crippen molar-refractivity contribution in [3.63, 3.8) is 0 Å². The van der Waals surface area contributed by atoms with E-state index in [1.54, 1.807) is 0 Å². The van der Waals surface area contributed by atoms with E-state index in [0.29, 0.717) is 6.04 Å². The normalized spacial score (nSPS) is 15.2. The second-order valence-corrected chi connectivity index (χ2v) is 7.04. The third-order valence-corrected chi connectivity index (χ3v) is 4.04. The molecule has 2 nitrogen and oxygen atoms in total. The van der Waals surface area contributed by atoms with Crippen LogP contribution < -0.4 is 10.6 Å². The molecule has 0 saturated heterocycles. The minimum absolute atomic E-state index is 0.151. The lowest BCUT2D eigenvalue weighted by molar-refractivity contribution is 0.329. The van der Waals surface area contributed by atoms with Gasteiger partial charge in [0.1, 0.15) is 0 Å². The summed E-state index contributed by atoms with van der Waals surface area (Å²) in [5.41, 5.74) is 8.60. The third kappa shape index (κ3) is 4.39. The number of rotatable bonds is 4. The SMILES string of the molecule is CC(N)Cc1ccc(Cl)cc1N(C)C(C)C(C)(C)C. The first-order valence-corrected chi connectivity index (χ1v) is 7.27. The van der Waals surface area contributed by atoms with Crippen LogP contribution in [0.25, 0.3) is 0 Å². The van der Waals surface area contributed by atoms with Crippen LogP contribution >= 0.6 is 11.6 Å². The fourth-order valence-electron chi connectivity index (χ4n) is 2.17. The van der Waals surface area contributed by atoms with E-state index < -0.39 is 0 Å². The Morgan fingerprint density at radius 1 is 1.26 bits per heavy atom. The molecule has 0 radical (unpaired) electrons. The van der Waals surface area contributed by atoms with Gasteiger partial charge in [0, 0.05) is 29.8 Å². The van der Waals surface area contributed by atoms with Crippen LogP contribution in [0.15, 0.2) is 18.2 Å². The molecule has 1 rings (SSSR count). The standard InChI is InChI=1S/C16H27ClN2/c1-11(18)9-13-7-8-14(17)10-15(13)19(6)12(2)16(3,4)5/h7-8,10-12H,9,18H2,1-6H3. The molecule has 1 aromatic rings. The van der Waals surface area contributed by atoms with Gasteiger partial charge in [0.05, 0.1) is 0 Å². The van der Waals surface area contributed by atoms with Crippen molar-refractivity contribution in [1.82, 2.24) is 0 Å². The summed E-state index contributed by atoms with van der Waals surface area (Å²) in [6, 6.07) is 6.64. The van der Waals surface area contributed by atoms with E-state index in [4.69, 9.17) is 17.3 Å². The predicted molar refractivity (Wildman–Crippen MR) is 86.1 cm³/mol. The molecule has 108 valence electrons. The summed E-state index contributed by atoms with van der Waals surface area (Å²) in [5, 5.41) is 0.774. The van der Waals surface area contributed by atoms with Crippen molar-refractivity contribution in [1.29, 1.82) is 0 Å². The molecule has 0 bridgehead atoms. The Balaban J connectivity index is 3.13. The van der Waals surface area contributed by atoms with Gasteiger partial charge in [-0.05, 0) is 43.4 Å². The maximum Gasteiger partial charge on any atom is 0.0426 e. The first kappa shape index (κ1) is 16.3. The van der Waals surface area contributed by atoms with Crippen LogP contribution in [0.1, 0.15) is 40.2 Å². The summed E-state index contributed by atoms with van der Waals surface area (Å²) in [4.78, 5) is 2.31. The molecular weight excluding hydrogens is 256 g/mol. The van der Waals surface area contributed by atoms with Crippen LogP contribution in [0, 0.1) is 5.41 Å². The van der Waals surface area contributed by atoms with Gasteiger partial charge in [0.15, 0.2) is 0 Å². The predicted octanol–water partition coefficient (Wildman–Crippen LogP) is 4.10. The van der Waals surface area contributed by atoms with Crippen molar-refractivity contribution in [3.8, 4) is 0 Å². The van der Waals surface area contributed by atoms with Crippen LogP contribution in [0.4, 0.5) is 5.69 Å². The molecule has 2 N–H and O–H groups in total. The van der Waals surface area contributed by atoms with Crippen LogP contribution in [0.5, 0.6) is 0 Å². The van der Waals surface area contributed by atoms with Gasteiger partial charge in [0.2, 0.25) is 0 Å². The molecule has 0 aliphatic heterocycles. The van der Waals surface area contributed by atoms with E-state index >= 15 is 0 Å². The Morgan fingerprint density at radius 3 is 2.32 bits per heavy atom. The second kappa shape index (κ2) is 6.15. The molecule has 0 amide bonds. The topological polar surface area (TPSA) is 29.3 Å². The molecule has 0 heterocycles. The molecule has 1 aromatic carbocycles. The summed E-state index contributed by atoms with van der Waals surface area (Å²) in [5.74, 6) is 0. The number of halogens is 1. The maximum absolute atomic E-state index is 6.16. The highest BCUT2D eigenvalue weighted by molar-refractivity contribution is 6.30. The zero-order valence-corrected chi connectivity index (χ0v) is 13.8. The van der Waals surface area contributed by atoms with Crippen LogP contribution in [-0.4, -0.2) is 19.1 Å². The number of hydrogen-bond donors (Lipinski definition) is 1. The number of nitrogens with two attached hydrogens (primary N) is 1. The van der Waals surface area contributed by atoms with Crippen LogP contribution in [0.2, 0.25) is 5.02 Å². The van der Waals surface area contributed by atoms with Gasteiger partial charge in [-0.3, -0.25) is 0 Å². The van der Waals surface area contributed by atoms with Gasteiger partial charge >= 0.3 is 0 Å². The summed E-state index contributed by atoms with van der Waals surface area (Å²) < 4.78 is 0. The summed E-state index contributed by atoms with van der Waals surface area (Å²) >= 11 is 6.16. The number of hydrogen-bond acceptors (Lipinski definition) is 2. The number of nitrogens with zero attached hydrogens (tertiary/aromatic N) is 1. The molecule has 0 fully saturated rings. The fraction of sp³-hybridized carbons (Fsp3) is 0.625. The smallest absolute Gasteiger partial charge is 0.0426 e. The minimum Gasteiger partial charge on any atom is -0.371 e. The quantitative estimate of drug-likeness (QED) is 0.901. The van der Waals surface area contributed by atoms with E-state index in [0.717, 1.165) is 11.4 Å². The Kier molecular flexibility index (Phi) is 5.28. The lowest BCUT2D eigenvalue weighted by Gasteiger charge is -2.38. The Morgan fingerprint density at radius 2 is 1.84 bits per heavy atom. The largest absolute Gasteiger partial charge is 0.371 e. The average Bonchev–Trinajstić information content (AvgIpc) is 2.27. The monoisotopic (exact) mass is 282 g/mol. The molecular formula is C16H27ClN2. The summed E-state index contributed by atoms with van der Waals surface area (Å²) in [7, 11) is 2.13. The molecule has 3 heteroatoms. The van der Waals surface area contributed by atoms with Gasteiger partial charge in [-0.1, -0.05) is 38.4 Å². The zero-order valence-electron chi connectivity index (χ0n) is 13.0. The van der Waals surface area contributed by atoms with Gasteiger partial charge in [0.25, 0.3) is 0 Å². The van der Waals surface area contributed by atoms with Gasteiger partial charge in [-0.15, -0.1) is 0 Å². The lowest BCUT2D eigenvalue weighted by Crippen LogP contribution is -2.40. The van der Waals surface area contributed by atoms with Gasteiger partial charge < -0.3 is 10.6 Å².